The molecule has 3 rings (SSSR count). The van der Waals surface area contributed by atoms with Gasteiger partial charge < -0.3 is 0 Å². The first-order valence-electron chi connectivity index (χ1n) is 7.89. The molecule has 117 valence electrons. The number of rotatable bonds is 4. The maximum absolute atomic E-state index is 2.31. The molecule has 23 heavy (non-hydrogen) atoms. The summed E-state index contributed by atoms with van der Waals surface area (Å²) in [4.78, 5) is 0. The van der Waals surface area contributed by atoms with Crippen molar-refractivity contribution in [2.45, 2.75) is 25.5 Å². The molecular weight excluding hydrogens is 315 g/mol. The van der Waals surface area contributed by atoms with Crippen LogP contribution in [0.5, 0.6) is 0 Å². The van der Waals surface area contributed by atoms with E-state index in [0.717, 1.165) is 0 Å². The van der Waals surface area contributed by atoms with Crippen molar-refractivity contribution in [3.05, 3.63) is 90.8 Å². The van der Waals surface area contributed by atoms with Crippen LogP contribution in [0.2, 0.25) is 0 Å². The first-order chi connectivity index (χ1) is 11.0. The largest absolute Gasteiger partial charge is 0.146 e. The van der Waals surface area contributed by atoms with Crippen LogP contribution in [-0.2, 0) is 0 Å². The Morgan fingerprint density at radius 1 is 0.739 bits per heavy atom. The van der Waals surface area contributed by atoms with Crippen molar-refractivity contribution in [3.8, 4) is 0 Å². The lowest BCUT2D eigenvalue weighted by atomic mass is 10.3. The van der Waals surface area contributed by atoms with Crippen molar-refractivity contribution in [1.82, 2.24) is 0 Å². The summed E-state index contributed by atoms with van der Waals surface area (Å²) < 4.78 is 0.220. The smallest absolute Gasteiger partial charge is 0.0472 e. The molecule has 1 saturated carbocycles. The summed E-state index contributed by atoms with van der Waals surface area (Å²) >= 11 is 1.97. The molecule has 0 aliphatic heterocycles. The van der Waals surface area contributed by atoms with Crippen molar-refractivity contribution in [2.24, 2.45) is 0 Å². The van der Waals surface area contributed by atoms with E-state index in [2.05, 4.69) is 101 Å². The molecule has 0 unspecified atom stereocenters. The summed E-state index contributed by atoms with van der Waals surface area (Å²) in [5, 5.41) is 4.24. The minimum absolute atomic E-state index is 0.220. The molecule has 1 fully saturated rings. The minimum Gasteiger partial charge on any atom is -0.146 e. The Hall–Kier alpha value is -0.780. The zero-order chi connectivity index (χ0) is 16.3. The first-order valence-corrected chi connectivity index (χ1v) is 10.1. The van der Waals surface area contributed by atoms with Gasteiger partial charge in [0, 0.05) is 15.7 Å². The Labute approximate surface area is 146 Å². The van der Waals surface area contributed by atoms with Crippen LogP contribution in [0.3, 0.4) is 0 Å². The average Bonchev–Trinajstić information content (AvgIpc) is 2.96. The lowest BCUT2D eigenvalue weighted by Gasteiger charge is -2.32. The molecule has 2 aromatic carbocycles. The van der Waals surface area contributed by atoms with Crippen molar-refractivity contribution in [3.63, 3.8) is 0 Å². The van der Waals surface area contributed by atoms with Gasteiger partial charge in [-0.1, -0.05) is 81.4 Å². The van der Waals surface area contributed by atoms with E-state index in [1.54, 1.807) is 0 Å². The van der Waals surface area contributed by atoms with E-state index >= 15 is 0 Å². The molecule has 0 amide bonds. The van der Waals surface area contributed by atoms with Gasteiger partial charge in [-0.05, 0) is 37.8 Å². The number of hydrogen-bond acceptors (Lipinski definition) is 1. The standard InChI is InChI=1S/C21H22PS/c1-21(2,3)23-20-16-10-15-19(20)22(17-11-6-4-7-12-17)18-13-8-5-9-14-18/h4-16H,1-3H3. The van der Waals surface area contributed by atoms with Gasteiger partial charge in [0.2, 0.25) is 0 Å². The van der Waals surface area contributed by atoms with Crippen molar-refractivity contribution < 1.29 is 0 Å². The Balaban J connectivity index is 1.95. The first kappa shape index (κ1) is 17.1. The minimum atomic E-state index is -0.504. The van der Waals surface area contributed by atoms with Gasteiger partial charge in [0.05, 0.1) is 0 Å². The molecule has 1 aliphatic rings. The normalized spacial score (nSPS) is 17.0. The molecule has 0 saturated heterocycles. The molecule has 0 bridgehead atoms. The van der Waals surface area contributed by atoms with Crippen LogP contribution in [0, 0.1) is 30.2 Å². The van der Waals surface area contributed by atoms with Gasteiger partial charge in [0.15, 0.2) is 0 Å². The van der Waals surface area contributed by atoms with Crippen LogP contribution in [0.4, 0.5) is 0 Å². The van der Waals surface area contributed by atoms with Gasteiger partial charge in [-0.25, -0.2) is 0 Å². The summed E-state index contributed by atoms with van der Waals surface area (Å²) in [7, 11) is -0.504. The Kier molecular flexibility index (Phi) is 5.49. The number of hydrogen-bond donors (Lipinski definition) is 0. The van der Waals surface area contributed by atoms with Crippen molar-refractivity contribution in [2.75, 3.05) is 0 Å². The highest BCUT2D eigenvalue weighted by atomic mass is 32.2. The van der Waals surface area contributed by atoms with Crippen LogP contribution in [0.25, 0.3) is 0 Å². The van der Waals surface area contributed by atoms with Crippen LogP contribution in [-0.4, -0.2) is 4.75 Å². The van der Waals surface area contributed by atoms with E-state index < -0.39 is 7.92 Å². The second-order valence-electron chi connectivity index (χ2n) is 6.50. The average molecular weight is 337 g/mol. The second-order valence-corrected chi connectivity index (χ2v) is 10.6. The molecule has 0 nitrogen and oxygen atoms in total. The molecule has 0 spiro atoms. The third kappa shape index (κ3) is 4.40. The van der Waals surface area contributed by atoms with Crippen LogP contribution in [0.1, 0.15) is 20.8 Å². The fraction of sp³-hybridized carbons (Fsp3) is 0.190. The SMILES string of the molecule is CC(C)(C)S[C]1[CH][CH][CH][C]1P(c1ccccc1)c1ccccc1. The van der Waals surface area contributed by atoms with Gasteiger partial charge >= 0.3 is 0 Å². The Bertz CT molecular complexity index is 563. The zero-order valence-electron chi connectivity index (χ0n) is 13.9. The topological polar surface area (TPSA) is 0 Å². The number of thioether (sulfide) groups is 1. The molecule has 0 atom stereocenters. The molecule has 0 N–H and O–H groups in total. The molecule has 0 aromatic heterocycles. The highest BCUT2D eigenvalue weighted by molar-refractivity contribution is 8.04. The predicted molar refractivity (Wildman–Crippen MR) is 106 cm³/mol. The summed E-state index contributed by atoms with van der Waals surface area (Å²) in [6, 6.07) is 21.8. The van der Waals surface area contributed by atoms with Gasteiger partial charge in [0.1, 0.15) is 0 Å². The van der Waals surface area contributed by atoms with E-state index in [4.69, 9.17) is 0 Å². The van der Waals surface area contributed by atoms with E-state index in [-0.39, 0.29) is 4.75 Å². The summed E-state index contributed by atoms with van der Waals surface area (Å²) in [6.45, 7) is 6.84. The van der Waals surface area contributed by atoms with Crippen molar-refractivity contribution in [1.29, 1.82) is 0 Å². The van der Waals surface area contributed by atoms with Crippen LogP contribution >= 0.6 is 19.7 Å². The monoisotopic (exact) mass is 337 g/mol. The highest BCUT2D eigenvalue weighted by Gasteiger charge is 2.39. The Morgan fingerprint density at radius 3 is 1.74 bits per heavy atom. The third-order valence-corrected chi connectivity index (χ3v) is 7.28. The van der Waals surface area contributed by atoms with E-state index in [1.165, 1.54) is 21.5 Å². The number of benzene rings is 2. The fourth-order valence-corrected chi connectivity index (χ4v) is 6.29. The summed E-state index contributed by atoms with van der Waals surface area (Å²) in [6.07, 6.45) is 6.77. The van der Waals surface area contributed by atoms with Crippen LogP contribution < -0.4 is 10.6 Å². The lowest BCUT2D eigenvalue weighted by molar-refractivity contribution is 0.804. The van der Waals surface area contributed by atoms with Gasteiger partial charge in [0.25, 0.3) is 0 Å². The van der Waals surface area contributed by atoms with Gasteiger partial charge in [-0.2, -0.15) is 0 Å². The predicted octanol–water partition coefficient (Wildman–Crippen LogP) is 5.34. The third-order valence-electron chi connectivity index (χ3n) is 3.44. The molecule has 2 aromatic rings. The molecular formula is C21H22PS. The lowest BCUT2D eigenvalue weighted by Crippen LogP contribution is -2.20. The summed E-state index contributed by atoms with van der Waals surface area (Å²) in [5.74, 6) is 0. The van der Waals surface area contributed by atoms with Gasteiger partial charge in [-0.15, -0.1) is 11.8 Å². The zero-order valence-corrected chi connectivity index (χ0v) is 15.6. The molecule has 2 heteroatoms. The fourth-order valence-electron chi connectivity index (χ4n) is 2.58. The van der Waals surface area contributed by atoms with E-state index in [1.807, 2.05) is 11.8 Å². The Morgan fingerprint density at radius 2 is 1.26 bits per heavy atom. The molecule has 1 aliphatic carbocycles. The van der Waals surface area contributed by atoms with Gasteiger partial charge in [-0.3, -0.25) is 0 Å². The second kappa shape index (κ2) is 7.41. The molecule has 0 heterocycles. The quantitative estimate of drug-likeness (QED) is 0.679. The maximum atomic E-state index is 2.31. The van der Waals surface area contributed by atoms with Crippen LogP contribution in [0.15, 0.2) is 60.7 Å². The van der Waals surface area contributed by atoms with Crippen molar-refractivity contribution >= 4 is 30.3 Å². The summed E-state index contributed by atoms with van der Waals surface area (Å²) in [5.41, 5.74) is 1.47. The van der Waals surface area contributed by atoms with E-state index in [0.29, 0.717) is 0 Å². The molecule has 5 radical (unpaired) electrons. The maximum Gasteiger partial charge on any atom is 0.0472 e. The highest BCUT2D eigenvalue weighted by Crippen LogP contribution is 2.60. The van der Waals surface area contributed by atoms with E-state index in [9.17, 15) is 0 Å².